The Bertz CT molecular complexity index is 624. The van der Waals surface area contributed by atoms with Crippen LogP contribution >= 0.6 is 15.9 Å². The lowest BCUT2D eigenvalue weighted by Gasteiger charge is -2.17. The third-order valence-electron chi connectivity index (χ3n) is 3.05. The van der Waals surface area contributed by atoms with Crippen LogP contribution in [-0.4, -0.2) is 32.6 Å². The van der Waals surface area contributed by atoms with Crippen molar-refractivity contribution < 1.29 is 4.74 Å². The molecule has 0 spiro atoms. The zero-order valence-corrected chi connectivity index (χ0v) is 11.9. The average molecular weight is 324 g/mol. The Morgan fingerprint density at radius 1 is 1.47 bits per heavy atom. The highest BCUT2D eigenvalue weighted by Gasteiger charge is 2.14. The summed E-state index contributed by atoms with van der Waals surface area (Å²) < 4.78 is 8.03. The Kier molecular flexibility index (Phi) is 3.29. The number of fused-ring (bicyclic) bond motifs is 1. The van der Waals surface area contributed by atoms with Gasteiger partial charge in [-0.3, -0.25) is 0 Å². The average Bonchev–Trinajstić information content (AvgIpc) is 2.58. The molecule has 1 aliphatic rings. The molecule has 0 saturated heterocycles. The minimum absolute atomic E-state index is 0.475. The highest BCUT2D eigenvalue weighted by atomic mass is 79.9. The zero-order valence-electron chi connectivity index (χ0n) is 10.3. The summed E-state index contributed by atoms with van der Waals surface area (Å²) in [6, 6.07) is 2.03. The van der Waals surface area contributed by atoms with Crippen molar-refractivity contribution in [3.8, 4) is 0 Å². The third kappa shape index (κ3) is 2.37. The van der Waals surface area contributed by atoms with Crippen LogP contribution in [0.4, 0.5) is 5.82 Å². The summed E-state index contributed by atoms with van der Waals surface area (Å²) in [5.74, 6) is 0.475. The molecule has 0 radical (unpaired) electrons. The quantitative estimate of drug-likeness (QED) is 0.912. The summed E-state index contributed by atoms with van der Waals surface area (Å²) in [4.78, 5) is 6.21. The van der Waals surface area contributed by atoms with E-state index in [1.54, 1.807) is 6.26 Å². The Morgan fingerprint density at radius 3 is 3.26 bits per heavy atom. The number of anilines is 1. The maximum atomic E-state index is 5.88. The van der Waals surface area contributed by atoms with Crippen molar-refractivity contribution in [2.45, 2.75) is 13.0 Å². The van der Waals surface area contributed by atoms with Crippen molar-refractivity contribution in [2.75, 3.05) is 18.9 Å². The fraction of sp³-hybridized carbons (Fsp3) is 0.333. The van der Waals surface area contributed by atoms with Crippen molar-refractivity contribution in [2.24, 2.45) is 0 Å². The second-order valence-electron chi connectivity index (χ2n) is 4.37. The molecular formula is C12H14BrN5O. The van der Waals surface area contributed by atoms with Crippen LogP contribution in [0.15, 0.2) is 29.3 Å². The van der Waals surface area contributed by atoms with E-state index in [0.717, 1.165) is 41.8 Å². The van der Waals surface area contributed by atoms with Crippen LogP contribution in [0.3, 0.4) is 0 Å². The first-order valence-corrected chi connectivity index (χ1v) is 6.84. The maximum Gasteiger partial charge on any atom is 0.152 e. The van der Waals surface area contributed by atoms with E-state index in [1.165, 1.54) is 6.33 Å². The molecule has 1 aliphatic heterocycles. The largest absolute Gasteiger partial charge is 0.500 e. The molecular weight excluding hydrogens is 310 g/mol. The second-order valence-corrected chi connectivity index (χ2v) is 5.22. The molecule has 0 fully saturated rings. The number of rotatable bonds is 2. The fourth-order valence-corrected chi connectivity index (χ4v) is 2.79. The SMILES string of the molecule is Nc1ncnn2c(CN3C=COCCC3)cc(Br)c12. The number of aromatic nitrogens is 3. The number of nitrogens with zero attached hydrogens (tertiary/aromatic N) is 4. The molecule has 19 heavy (non-hydrogen) atoms. The summed E-state index contributed by atoms with van der Waals surface area (Å²) in [7, 11) is 0. The molecule has 7 heteroatoms. The van der Waals surface area contributed by atoms with E-state index in [-0.39, 0.29) is 0 Å². The van der Waals surface area contributed by atoms with E-state index in [9.17, 15) is 0 Å². The van der Waals surface area contributed by atoms with Crippen LogP contribution in [0, 0.1) is 0 Å². The Morgan fingerprint density at radius 2 is 2.37 bits per heavy atom. The minimum Gasteiger partial charge on any atom is -0.500 e. The number of hydrogen-bond acceptors (Lipinski definition) is 5. The van der Waals surface area contributed by atoms with Gasteiger partial charge in [-0.15, -0.1) is 0 Å². The molecule has 6 nitrogen and oxygen atoms in total. The molecule has 2 N–H and O–H groups in total. The van der Waals surface area contributed by atoms with E-state index >= 15 is 0 Å². The monoisotopic (exact) mass is 323 g/mol. The molecule has 0 aliphatic carbocycles. The molecule has 100 valence electrons. The van der Waals surface area contributed by atoms with Crippen LogP contribution in [0.2, 0.25) is 0 Å². The van der Waals surface area contributed by atoms with Crippen molar-refractivity contribution in [3.05, 3.63) is 35.0 Å². The molecule has 3 rings (SSSR count). The van der Waals surface area contributed by atoms with Gasteiger partial charge in [0.15, 0.2) is 5.82 Å². The first-order valence-electron chi connectivity index (χ1n) is 6.04. The summed E-state index contributed by atoms with van der Waals surface area (Å²) in [6.45, 7) is 2.48. The van der Waals surface area contributed by atoms with Crippen LogP contribution in [0.1, 0.15) is 12.1 Å². The van der Waals surface area contributed by atoms with Gasteiger partial charge in [0.25, 0.3) is 0 Å². The second kappa shape index (κ2) is 5.08. The molecule has 2 aromatic rings. The molecule has 0 saturated carbocycles. The topological polar surface area (TPSA) is 68.7 Å². The van der Waals surface area contributed by atoms with Crippen molar-refractivity contribution in [1.82, 2.24) is 19.5 Å². The van der Waals surface area contributed by atoms with Crippen LogP contribution in [-0.2, 0) is 11.3 Å². The van der Waals surface area contributed by atoms with Crippen molar-refractivity contribution in [3.63, 3.8) is 0 Å². The zero-order chi connectivity index (χ0) is 13.2. The van der Waals surface area contributed by atoms with E-state index < -0.39 is 0 Å². The van der Waals surface area contributed by atoms with Gasteiger partial charge in [0.1, 0.15) is 11.8 Å². The van der Waals surface area contributed by atoms with Crippen LogP contribution in [0.25, 0.3) is 5.52 Å². The van der Waals surface area contributed by atoms with Gasteiger partial charge in [-0.05, 0) is 28.4 Å². The van der Waals surface area contributed by atoms with Gasteiger partial charge in [0.2, 0.25) is 0 Å². The lowest BCUT2D eigenvalue weighted by Crippen LogP contribution is -2.19. The minimum atomic E-state index is 0.475. The molecule has 0 amide bonds. The van der Waals surface area contributed by atoms with Crippen molar-refractivity contribution >= 4 is 27.3 Å². The predicted molar refractivity (Wildman–Crippen MR) is 75.2 cm³/mol. The smallest absolute Gasteiger partial charge is 0.152 e. The van der Waals surface area contributed by atoms with Crippen molar-refractivity contribution in [1.29, 1.82) is 0 Å². The normalized spacial score (nSPS) is 15.5. The van der Waals surface area contributed by atoms with Gasteiger partial charge in [0, 0.05) is 17.2 Å². The fourth-order valence-electron chi connectivity index (χ4n) is 2.16. The lowest BCUT2D eigenvalue weighted by atomic mass is 10.3. The van der Waals surface area contributed by atoms with Gasteiger partial charge in [-0.1, -0.05) is 0 Å². The molecule has 2 aromatic heterocycles. The number of halogens is 1. The number of nitrogens with two attached hydrogens (primary N) is 1. The highest BCUT2D eigenvalue weighted by Crippen LogP contribution is 2.26. The third-order valence-corrected chi connectivity index (χ3v) is 3.65. The van der Waals surface area contributed by atoms with E-state index in [2.05, 4.69) is 30.9 Å². The predicted octanol–water partition coefficient (Wildman–Crippen LogP) is 1.77. The Balaban J connectivity index is 1.95. The number of ether oxygens (including phenoxy) is 1. The molecule has 0 atom stereocenters. The lowest BCUT2D eigenvalue weighted by molar-refractivity contribution is 0.248. The Hall–Kier alpha value is -1.76. The maximum absolute atomic E-state index is 5.88. The standard InChI is InChI=1S/C12H14BrN5O/c13-10-6-9(7-17-2-1-4-19-5-3-17)18-11(10)12(14)15-8-16-18/h3,5-6,8H,1-2,4,7H2,(H2,14,15,16). The molecule has 0 bridgehead atoms. The van der Waals surface area contributed by atoms with Crippen LogP contribution < -0.4 is 5.73 Å². The van der Waals surface area contributed by atoms with E-state index in [4.69, 9.17) is 10.5 Å². The molecule has 0 unspecified atom stereocenters. The Labute approximate surface area is 119 Å². The first-order chi connectivity index (χ1) is 9.25. The summed E-state index contributed by atoms with van der Waals surface area (Å²) in [6.07, 6.45) is 6.18. The van der Waals surface area contributed by atoms with Gasteiger partial charge < -0.3 is 15.4 Å². The van der Waals surface area contributed by atoms with Gasteiger partial charge in [-0.25, -0.2) is 9.50 Å². The molecule has 3 heterocycles. The van der Waals surface area contributed by atoms with Gasteiger partial charge in [0.05, 0.1) is 25.1 Å². The highest BCUT2D eigenvalue weighted by molar-refractivity contribution is 9.10. The van der Waals surface area contributed by atoms with Crippen LogP contribution in [0.5, 0.6) is 0 Å². The summed E-state index contributed by atoms with van der Waals surface area (Å²) >= 11 is 3.51. The molecule has 0 aromatic carbocycles. The summed E-state index contributed by atoms with van der Waals surface area (Å²) in [5.41, 5.74) is 7.75. The van der Waals surface area contributed by atoms with E-state index in [0.29, 0.717) is 5.82 Å². The van der Waals surface area contributed by atoms with E-state index in [1.807, 2.05) is 16.8 Å². The number of hydrogen-bond donors (Lipinski definition) is 1. The van der Waals surface area contributed by atoms with Gasteiger partial charge in [-0.2, -0.15) is 5.10 Å². The first kappa shape index (κ1) is 12.3. The van der Waals surface area contributed by atoms with Gasteiger partial charge >= 0.3 is 0 Å². The number of nitrogen functional groups attached to an aromatic ring is 1. The summed E-state index contributed by atoms with van der Waals surface area (Å²) in [5, 5.41) is 4.27.